The predicted molar refractivity (Wildman–Crippen MR) is 82.5 cm³/mol. The number of hydrogen-bond donors (Lipinski definition) is 0. The van der Waals surface area contributed by atoms with E-state index in [0.29, 0.717) is 4.75 Å². The first-order valence-corrected chi connectivity index (χ1v) is 7.97. The number of hydrogen-bond acceptors (Lipinski definition) is 3. The van der Waals surface area contributed by atoms with Crippen LogP contribution in [0.15, 0.2) is 22.7 Å². The number of nitrogens with zero attached hydrogens (tertiary/aromatic N) is 1. The van der Waals surface area contributed by atoms with Crippen molar-refractivity contribution >= 4 is 27.7 Å². The van der Waals surface area contributed by atoms with Gasteiger partial charge in [0.25, 0.3) is 0 Å². The number of benzene rings is 1. The molecule has 2 nitrogen and oxygen atoms in total. The van der Waals surface area contributed by atoms with Crippen molar-refractivity contribution in [3.63, 3.8) is 0 Å². The van der Waals surface area contributed by atoms with E-state index in [1.54, 1.807) is 7.11 Å². The van der Waals surface area contributed by atoms with Gasteiger partial charge >= 0.3 is 0 Å². The lowest BCUT2D eigenvalue weighted by Crippen LogP contribution is -2.42. The normalized spacial score (nSPS) is 19.8. The zero-order valence-electron chi connectivity index (χ0n) is 11.2. The molecule has 0 spiro atoms. The van der Waals surface area contributed by atoms with Crippen LogP contribution in [0, 0.1) is 0 Å². The Morgan fingerprint density at radius 1 is 1.44 bits per heavy atom. The van der Waals surface area contributed by atoms with E-state index in [0.717, 1.165) is 23.3 Å². The summed E-state index contributed by atoms with van der Waals surface area (Å²) < 4.78 is 6.67. The Kier molecular flexibility index (Phi) is 4.62. The Morgan fingerprint density at radius 3 is 2.83 bits per heavy atom. The highest BCUT2D eigenvalue weighted by Gasteiger charge is 2.26. The first-order chi connectivity index (χ1) is 8.50. The van der Waals surface area contributed by atoms with E-state index in [9.17, 15) is 0 Å². The molecule has 0 saturated carbocycles. The fourth-order valence-corrected chi connectivity index (χ4v) is 4.08. The molecule has 0 atom stereocenters. The van der Waals surface area contributed by atoms with Crippen LogP contribution in [0.3, 0.4) is 0 Å². The third-order valence-corrected chi connectivity index (χ3v) is 5.04. The smallest absolute Gasteiger partial charge is 0.133 e. The summed E-state index contributed by atoms with van der Waals surface area (Å²) in [5, 5.41) is 0. The summed E-state index contributed by atoms with van der Waals surface area (Å²) >= 11 is 5.62. The van der Waals surface area contributed by atoms with Gasteiger partial charge in [0, 0.05) is 30.1 Å². The molecule has 1 aliphatic rings. The summed E-state index contributed by atoms with van der Waals surface area (Å²) in [6.07, 6.45) is 0. The second-order valence-electron chi connectivity index (χ2n) is 5.29. The van der Waals surface area contributed by atoms with Crippen molar-refractivity contribution in [2.45, 2.75) is 25.1 Å². The van der Waals surface area contributed by atoms with Gasteiger partial charge in [-0.2, -0.15) is 11.8 Å². The highest BCUT2D eigenvalue weighted by molar-refractivity contribution is 9.10. The molecule has 1 saturated heterocycles. The van der Waals surface area contributed by atoms with Crippen LogP contribution in [0.4, 0.5) is 0 Å². The van der Waals surface area contributed by atoms with Crippen molar-refractivity contribution in [1.82, 2.24) is 4.90 Å². The van der Waals surface area contributed by atoms with E-state index in [-0.39, 0.29) is 0 Å². The molecule has 0 unspecified atom stereocenters. The fraction of sp³-hybridized carbons (Fsp3) is 0.571. The topological polar surface area (TPSA) is 12.5 Å². The van der Waals surface area contributed by atoms with Gasteiger partial charge in [-0.3, -0.25) is 4.90 Å². The molecular formula is C14H20BrNOS. The lowest BCUT2D eigenvalue weighted by atomic mass is 10.1. The van der Waals surface area contributed by atoms with Crippen LogP contribution >= 0.6 is 27.7 Å². The highest BCUT2D eigenvalue weighted by Crippen LogP contribution is 2.31. The van der Waals surface area contributed by atoms with E-state index >= 15 is 0 Å². The summed E-state index contributed by atoms with van der Waals surface area (Å²) in [5.74, 6) is 2.12. The molecular weight excluding hydrogens is 310 g/mol. The van der Waals surface area contributed by atoms with E-state index in [4.69, 9.17) is 4.74 Å². The summed E-state index contributed by atoms with van der Waals surface area (Å²) in [6.45, 7) is 8.01. The molecule has 0 aliphatic carbocycles. The van der Waals surface area contributed by atoms with Crippen LogP contribution < -0.4 is 4.74 Å². The summed E-state index contributed by atoms with van der Waals surface area (Å²) in [5.41, 5.74) is 1.34. The maximum atomic E-state index is 5.26. The van der Waals surface area contributed by atoms with Crippen molar-refractivity contribution < 1.29 is 4.74 Å². The van der Waals surface area contributed by atoms with E-state index < -0.39 is 0 Å². The third-order valence-electron chi connectivity index (χ3n) is 3.13. The van der Waals surface area contributed by atoms with E-state index in [1.165, 1.54) is 17.9 Å². The Balaban J connectivity index is 2.03. The Bertz CT molecular complexity index is 422. The monoisotopic (exact) mass is 329 g/mol. The maximum Gasteiger partial charge on any atom is 0.133 e. The molecule has 18 heavy (non-hydrogen) atoms. The van der Waals surface area contributed by atoms with Crippen molar-refractivity contribution in [2.24, 2.45) is 0 Å². The van der Waals surface area contributed by atoms with Gasteiger partial charge in [-0.15, -0.1) is 0 Å². The van der Waals surface area contributed by atoms with Crippen LogP contribution in [0.1, 0.15) is 19.4 Å². The molecule has 0 aromatic heterocycles. The van der Waals surface area contributed by atoms with Gasteiger partial charge in [0.15, 0.2) is 0 Å². The van der Waals surface area contributed by atoms with E-state index in [2.05, 4.69) is 58.6 Å². The summed E-state index contributed by atoms with van der Waals surface area (Å²) in [7, 11) is 1.70. The van der Waals surface area contributed by atoms with Crippen LogP contribution in [-0.4, -0.2) is 35.6 Å². The van der Waals surface area contributed by atoms with Crippen molar-refractivity contribution in [1.29, 1.82) is 0 Å². The minimum absolute atomic E-state index is 0.377. The average molecular weight is 330 g/mol. The van der Waals surface area contributed by atoms with Gasteiger partial charge < -0.3 is 4.74 Å². The highest BCUT2D eigenvalue weighted by atomic mass is 79.9. The van der Waals surface area contributed by atoms with Gasteiger partial charge in [0.2, 0.25) is 0 Å². The van der Waals surface area contributed by atoms with Crippen molar-refractivity contribution in [2.75, 3.05) is 26.0 Å². The first-order valence-electron chi connectivity index (χ1n) is 6.19. The molecule has 1 aliphatic heterocycles. The lowest BCUT2D eigenvalue weighted by molar-refractivity contribution is 0.252. The van der Waals surface area contributed by atoms with Crippen molar-refractivity contribution in [3.8, 4) is 5.75 Å². The molecule has 0 N–H and O–H groups in total. The molecule has 1 fully saturated rings. The van der Waals surface area contributed by atoms with Gasteiger partial charge in [-0.05, 0) is 47.5 Å². The Labute approximate surface area is 122 Å². The first kappa shape index (κ1) is 14.2. The second kappa shape index (κ2) is 5.85. The number of halogens is 1. The molecule has 4 heteroatoms. The van der Waals surface area contributed by atoms with Crippen LogP contribution in [0.25, 0.3) is 0 Å². The molecule has 0 radical (unpaired) electrons. The largest absolute Gasteiger partial charge is 0.496 e. The van der Waals surface area contributed by atoms with Gasteiger partial charge in [-0.25, -0.2) is 0 Å². The molecule has 1 aromatic rings. The molecule has 0 amide bonds. The van der Waals surface area contributed by atoms with Crippen LogP contribution in [-0.2, 0) is 6.54 Å². The van der Waals surface area contributed by atoms with Crippen LogP contribution in [0.5, 0.6) is 5.75 Å². The van der Waals surface area contributed by atoms with Gasteiger partial charge in [0.1, 0.15) is 5.75 Å². The Morgan fingerprint density at radius 2 is 2.22 bits per heavy atom. The second-order valence-corrected chi connectivity index (χ2v) is 7.94. The minimum atomic E-state index is 0.377. The third kappa shape index (κ3) is 3.65. The quantitative estimate of drug-likeness (QED) is 0.837. The zero-order valence-corrected chi connectivity index (χ0v) is 13.6. The lowest BCUT2D eigenvalue weighted by Gasteiger charge is -2.37. The minimum Gasteiger partial charge on any atom is -0.496 e. The molecule has 1 aromatic carbocycles. The van der Waals surface area contributed by atoms with Crippen molar-refractivity contribution in [3.05, 3.63) is 28.2 Å². The average Bonchev–Trinajstić information content (AvgIpc) is 2.28. The predicted octanol–water partition coefficient (Wildman–Crippen LogP) is 3.79. The summed E-state index contributed by atoms with van der Waals surface area (Å²) in [6, 6.07) is 6.34. The molecule has 1 heterocycles. The van der Waals surface area contributed by atoms with E-state index in [1.807, 2.05) is 6.07 Å². The zero-order chi connectivity index (χ0) is 13.2. The number of ether oxygens (including phenoxy) is 1. The molecule has 0 bridgehead atoms. The van der Waals surface area contributed by atoms with Gasteiger partial charge in [0.05, 0.1) is 11.6 Å². The maximum absolute atomic E-state index is 5.26. The molecule has 100 valence electrons. The Hall–Kier alpha value is -0.190. The SMILES string of the molecule is COc1ccc(CN2CCSC(C)(C)C2)cc1Br. The number of methoxy groups -OCH3 is 1. The standard InChI is InChI=1S/C14H20BrNOS/c1-14(2)10-16(6-7-18-14)9-11-4-5-13(17-3)12(15)8-11/h4-5,8H,6-7,9-10H2,1-3H3. The number of rotatable bonds is 3. The van der Waals surface area contributed by atoms with Crippen LogP contribution in [0.2, 0.25) is 0 Å². The summed E-state index contributed by atoms with van der Waals surface area (Å²) in [4.78, 5) is 2.53. The van der Waals surface area contributed by atoms with Gasteiger partial charge in [-0.1, -0.05) is 6.07 Å². The molecule has 2 rings (SSSR count). The number of thioether (sulfide) groups is 1. The fourth-order valence-electron chi connectivity index (χ4n) is 2.32.